The molecule has 1 aromatic carbocycles. The van der Waals surface area contributed by atoms with E-state index in [0.717, 1.165) is 11.1 Å². The minimum atomic E-state index is 0.164. The summed E-state index contributed by atoms with van der Waals surface area (Å²) in [4.78, 5) is 0. The van der Waals surface area contributed by atoms with Gasteiger partial charge in [-0.15, -0.1) is 5.75 Å². The molecule has 2 nitrogen and oxygen atoms in total. The highest BCUT2D eigenvalue weighted by atomic mass is 16.3. The van der Waals surface area contributed by atoms with Crippen LogP contribution in [0.25, 0.3) is 0 Å². The van der Waals surface area contributed by atoms with Crippen molar-refractivity contribution in [2.75, 3.05) is 26.2 Å². The summed E-state index contributed by atoms with van der Waals surface area (Å²) in [6.45, 7) is 18.7. The molecule has 0 bridgehead atoms. The Hall–Kier alpha value is -1.02. The fraction of sp³-hybridized carbons (Fsp3) is 0.750. The summed E-state index contributed by atoms with van der Waals surface area (Å²) < 4.78 is 1.42. The van der Waals surface area contributed by atoms with Crippen molar-refractivity contribution >= 4 is 0 Å². The molecule has 0 saturated carbocycles. The molecule has 26 heavy (non-hydrogen) atoms. The highest BCUT2D eigenvalue weighted by Gasteiger charge is 2.24. The Morgan fingerprint density at radius 1 is 0.654 bits per heavy atom. The normalized spacial score (nSPS) is 11.2. The molecular weight excluding hydrogens is 318 g/mol. The molecule has 0 heterocycles. The van der Waals surface area contributed by atoms with Crippen molar-refractivity contribution in [1.82, 2.24) is 0 Å². The van der Waals surface area contributed by atoms with Crippen LogP contribution in [0.5, 0.6) is 5.75 Å². The van der Waals surface area contributed by atoms with Gasteiger partial charge in [-0.05, 0) is 39.5 Å². The van der Waals surface area contributed by atoms with E-state index in [0.29, 0.717) is 0 Å². The number of nitrogens with zero attached hydrogens (tertiary/aromatic N) is 1. The molecule has 152 valence electrons. The lowest BCUT2D eigenvalue weighted by Gasteiger charge is -2.39. The van der Waals surface area contributed by atoms with Gasteiger partial charge in [0.15, 0.2) is 0 Å². The van der Waals surface area contributed by atoms with E-state index < -0.39 is 0 Å². The average molecular weight is 364 g/mol. The number of benzene rings is 1. The van der Waals surface area contributed by atoms with Crippen LogP contribution in [0.4, 0.5) is 0 Å². The summed E-state index contributed by atoms with van der Waals surface area (Å²) in [5.74, 6) is 0.164. The van der Waals surface area contributed by atoms with Crippen molar-refractivity contribution < 1.29 is 9.59 Å². The predicted molar refractivity (Wildman–Crippen MR) is 115 cm³/mol. The average Bonchev–Trinajstić information content (AvgIpc) is 2.65. The summed E-state index contributed by atoms with van der Waals surface area (Å²) in [5, 5.41) is 11.0. The van der Waals surface area contributed by atoms with E-state index in [9.17, 15) is 5.11 Å². The summed E-state index contributed by atoms with van der Waals surface area (Å²) >= 11 is 0. The van der Waals surface area contributed by atoms with Crippen LogP contribution in [0, 0.1) is 13.8 Å². The number of rotatable bonds is 12. The molecule has 0 aromatic heterocycles. The molecule has 1 rings (SSSR count). The number of para-hydroxylation sites is 1. The maximum absolute atomic E-state index is 11.0. The molecule has 0 saturated heterocycles. The first-order valence-electron chi connectivity index (χ1n) is 11.0. The molecule has 0 spiro atoms. The van der Waals surface area contributed by atoms with Gasteiger partial charge in [0, 0.05) is 0 Å². The molecule has 1 aromatic rings. The largest absolute Gasteiger partial charge is 0.872 e. The van der Waals surface area contributed by atoms with Gasteiger partial charge in [-0.1, -0.05) is 82.7 Å². The van der Waals surface area contributed by atoms with E-state index in [1.54, 1.807) is 0 Å². The third-order valence-electron chi connectivity index (χ3n) is 5.35. The van der Waals surface area contributed by atoms with Gasteiger partial charge in [-0.2, -0.15) is 0 Å². The number of quaternary nitrogens is 1. The number of unbranched alkanes of at least 4 members (excludes halogenated alkanes) is 4. The quantitative estimate of drug-likeness (QED) is 0.395. The highest BCUT2D eigenvalue weighted by Crippen LogP contribution is 2.17. The second kappa shape index (κ2) is 15.1. The van der Waals surface area contributed by atoms with Gasteiger partial charge in [-0.25, -0.2) is 0 Å². The number of aryl methyl sites for hydroxylation is 2. The van der Waals surface area contributed by atoms with E-state index >= 15 is 0 Å². The van der Waals surface area contributed by atoms with Crippen LogP contribution >= 0.6 is 0 Å². The summed E-state index contributed by atoms with van der Waals surface area (Å²) in [5.41, 5.74) is 1.66. The maximum Gasteiger partial charge on any atom is 0.0786 e. The number of hydrogen-bond acceptors (Lipinski definition) is 1. The molecule has 0 atom stereocenters. The van der Waals surface area contributed by atoms with Crippen molar-refractivity contribution in [3.8, 4) is 5.75 Å². The minimum Gasteiger partial charge on any atom is -0.872 e. The topological polar surface area (TPSA) is 23.1 Å². The van der Waals surface area contributed by atoms with Gasteiger partial charge in [0.2, 0.25) is 0 Å². The van der Waals surface area contributed by atoms with E-state index in [1.165, 1.54) is 82.0 Å². The predicted octanol–water partition coefficient (Wildman–Crippen LogP) is 6.38. The van der Waals surface area contributed by atoms with Gasteiger partial charge in [0.1, 0.15) is 0 Å². The van der Waals surface area contributed by atoms with Gasteiger partial charge in [-0.3, -0.25) is 0 Å². The summed E-state index contributed by atoms with van der Waals surface area (Å²) in [7, 11) is 0. The van der Waals surface area contributed by atoms with Gasteiger partial charge in [0.05, 0.1) is 26.2 Å². The van der Waals surface area contributed by atoms with Crippen LogP contribution in [0.1, 0.15) is 90.2 Å². The molecular formula is C24H45NO. The van der Waals surface area contributed by atoms with E-state index in [-0.39, 0.29) is 5.75 Å². The molecule has 0 aliphatic heterocycles. The molecule has 0 fully saturated rings. The smallest absolute Gasteiger partial charge is 0.0786 e. The second-order valence-electron chi connectivity index (χ2n) is 7.87. The maximum atomic E-state index is 11.0. The molecule has 2 heteroatoms. The Bertz CT molecular complexity index is 398. The van der Waals surface area contributed by atoms with E-state index in [2.05, 4.69) is 27.7 Å². The van der Waals surface area contributed by atoms with Gasteiger partial charge < -0.3 is 9.59 Å². The minimum absolute atomic E-state index is 0.164. The van der Waals surface area contributed by atoms with Crippen molar-refractivity contribution in [2.24, 2.45) is 0 Å². The van der Waals surface area contributed by atoms with Gasteiger partial charge in [0.25, 0.3) is 0 Å². The molecule has 0 N–H and O–H groups in total. The Morgan fingerprint density at radius 3 is 1.19 bits per heavy atom. The molecule has 0 aliphatic rings. The van der Waals surface area contributed by atoms with E-state index in [4.69, 9.17) is 0 Å². The van der Waals surface area contributed by atoms with Crippen LogP contribution in [0.3, 0.4) is 0 Å². The number of hydrogen-bond donors (Lipinski definition) is 0. The summed E-state index contributed by atoms with van der Waals surface area (Å²) in [6.07, 6.45) is 11.1. The standard InChI is InChI=1S/C16H36N.C8H10O/c1-5-9-13-17(14-10-6-2,15-11-7-3)16-12-8-4;1-6-4-3-5-7(2)8(6)9/h5-16H2,1-4H3;3-5,9H,1-2H3/q+1;/p-1. The summed E-state index contributed by atoms with van der Waals surface area (Å²) in [6, 6.07) is 5.55. The molecule has 0 radical (unpaired) electrons. The fourth-order valence-corrected chi connectivity index (χ4v) is 3.44. The monoisotopic (exact) mass is 363 g/mol. The SMILES string of the molecule is CCCC[N+](CCCC)(CCCC)CCCC.Cc1cccc(C)c1[O-]. The zero-order chi connectivity index (χ0) is 19.8. The third-order valence-corrected chi connectivity index (χ3v) is 5.35. The fourth-order valence-electron chi connectivity index (χ4n) is 3.44. The first-order chi connectivity index (χ1) is 12.5. The Balaban J connectivity index is 0.000000577. The Labute approximate surface area is 164 Å². The second-order valence-corrected chi connectivity index (χ2v) is 7.87. The van der Waals surface area contributed by atoms with Crippen molar-refractivity contribution in [2.45, 2.75) is 92.9 Å². The first kappa shape index (κ1) is 25.0. The van der Waals surface area contributed by atoms with Crippen molar-refractivity contribution in [1.29, 1.82) is 0 Å². The van der Waals surface area contributed by atoms with Crippen LogP contribution in [0.2, 0.25) is 0 Å². The molecule has 0 amide bonds. The lowest BCUT2D eigenvalue weighted by atomic mass is 10.1. The zero-order valence-electron chi connectivity index (χ0n) is 18.6. The van der Waals surface area contributed by atoms with Gasteiger partial charge >= 0.3 is 0 Å². The van der Waals surface area contributed by atoms with Crippen molar-refractivity contribution in [3.63, 3.8) is 0 Å². The third kappa shape index (κ3) is 10.2. The van der Waals surface area contributed by atoms with Crippen LogP contribution in [-0.4, -0.2) is 30.7 Å². The molecule has 0 unspecified atom stereocenters. The first-order valence-corrected chi connectivity index (χ1v) is 11.0. The Kier molecular flexibility index (Phi) is 14.5. The lowest BCUT2D eigenvalue weighted by Crippen LogP contribution is -2.50. The van der Waals surface area contributed by atoms with E-state index in [1.807, 2.05) is 32.0 Å². The van der Waals surface area contributed by atoms with Crippen LogP contribution in [0.15, 0.2) is 18.2 Å². The highest BCUT2D eigenvalue weighted by molar-refractivity contribution is 5.36. The molecule has 0 aliphatic carbocycles. The zero-order valence-corrected chi connectivity index (χ0v) is 18.6. The van der Waals surface area contributed by atoms with Crippen LogP contribution in [-0.2, 0) is 0 Å². The van der Waals surface area contributed by atoms with Crippen molar-refractivity contribution in [3.05, 3.63) is 29.3 Å². The van der Waals surface area contributed by atoms with Crippen LogP contribution < -0.4 is 5.11 Å². The lowest BCUT2D eigenvalue weighted by molar-refractivity contribution is -0.929. The Morgan fingerprint density at radius 2 is 0.962 bits per heavy atom.